The number of nitro groups is 1. The van der Waals surface area contributed by atoms with E-state index in [-0.39, 0.29) is 11.4 Å². The molecule has 1 heterocycles. The zero-order chi connectivity index (χ0) is 16.4. The summed E-state index contributed by atoms with van der Waals surface area (Å²) in [5, 5.41) is 13.1. The third-order valence-electron chi connectivity index (χ3n) is 3.31. The van der Waals surface area contributed by atoms with Crippen LogP contribution in [-0.4, -0.2) is 16.9 Å². The molecule has 23 heavy (non-hydrogen) atoms. The Labute approximate surface area is 131 Å². The quantitative estimate of drug-likeness (QED) is 0.408. The van der Waals surface area contributed by atoms with E-state index in [2.05, 4.69) is 5.32 Å². The molecule has 1 saturated heterocycles. The van der Waals surface area contributed by atoms with E-state index in [0.29, 0.717) is 11.3 Å². The average molecular weight is 309 g/mol. The number of rotatable bonds is 3. The van der Waals surface area contributed by atoms with Crippen LogP contribution in [0.3, 0.4) is 0 Å². The van der Waals surface area contributed by atoms with Gasteiger partial charge in [0.15, 0.2) is 0 Å². The number of nitro benzene ring substituents is 1. The first kappa shape index (κ1) is 14.5. The maximum Gasteiger partial charge on any atom is 0.333 e. The average Bonchev–Trinajstić information content (AvgIpc) is 2.82. The van der Waals surface area contributed by atoms with Crippen molar-refractivity contribution in [3.8, 4) is 0 Å². The Morgan fingerprint density at radius 3 is 2.26 bits per heavy atom. The Bertz CT molecular complexity index is 813. The molecule has 0 saturated carbocycles. The number of carbonyl (C=O) groups is 2. The van der Waals surface area contributed by atoms with Gasteiger partial charge >= 0.3 is 6.03 Å². The second-order valence-corrected chi connectivity index (χ2v) is 4.81. The van der Waals surface area contributed by atoms with Gasteiger partial charge in [0, 0.05) is 12.1 Å². The zero-order valence-corrected chi connectivity index (χ0v) is 11.8. The summed E-state index contributed by atoms with van der Waals surface area (Å²) in [7, 11) is 0. The highest BCUT2D eigenvalue weighted by Gasteiger charge is 2.34. The van der Waals surface area contributed by atoms with Crippen molar-refractivity contribution < 1.29 is 14.5 Å². The lowest BCUT2D eigenvalue weighted by molar-refractivity contribution is -0.384. The van der Waals surface area contributed by atoms with Gasteiger partial charge in [-0.1, -0.05) is 18.2 Å². The molecule has 1 aliphatic heterocycles. The number of urea groups is 1. The van der Waals surface area contributed by atoms with E-state index in [1.807, 2.05) is 0 Å². The molecular formula is C16H11N3O4. The van der Waals surface area contributed by atoms with Crippen molar-refractivity contribution in [3.05, 3.63) is 76.0 Å². The number of amides is 3. The Morgan fingerprint density at radius 1 is 1.00 bits per heavy atom. The molecule has 0 spiro atoms. The molecule has 0 atom stereocenters. The molecule has 0 aliphatic carbocycles. The van der Waals surface area contributed by atoms with E-state index < -0.39 is 16.9 Å². The van der Waals surface area contributed by atoms with Crippen LogP contribution in [0.2, 0.25) is 0 Å². The molecule has 2 aromatic carbocycles. The van der Waals surface area contributed by atoms with E-state index in [1.165, 1.54) is 30.3 Å². The van der Waals surface area contributed by atoms with Crippen LogP contribution in [0.15, 0.2) is 60.3 Å². The molecule has 0 unspecified atom stereocenters. The van der Waals surface area contributed by atoms with Crippen LogP contribution in [0.1, 0.15) is 5.56 Å². The zero-order valence-electron chi connectivity index (χ0n) is 11.8. The van der Waals surface area contributed by atoms with Gasteiger partial charge in [-0.25, -0.2) is 9.69 Å². The van der Waals surface area contributed by atoms with Crippen molar-refractivity contribution in [1.82, 2.24) is 5.32 Å². The third kappa shape index (κ3) is 2.80. The van der Waals surface area contributed by atoms with Crippen LogP contribution in [0, 0.1) is 10.1 Å². The summed E-state index contributed by atoms with van der Waals surface area (Å²) in [5.41, 5.74) is 1.13. The number of nitrogens with one attached hydrogen (secondary N) is 1. The predicted molar refractivity (Wildman–Crippen MR) is 83.5 cm³/mol. The molecular weight excluding hydrogens is 298 g/mol. The highest BCUT2D eigenvalue weighted by Crippen LogP contribution is 2.22. The number of benzene rings is 2. The second-order valence-electron chi connectivity index (χ2n) is 4.81. The van der Waals surface area contributed by atoms with Crippen molar-refractivity contribution in [2.75, 3.05) is 4.90 Å². The molecule has 0 aromatic heterocycles. The van der Waals surface area contributed by atoms with Gasteiger partial charge in [0.2, 0.25) is 0 Å². The largest absolute Gasteiger partial charge is 0.333 e. The second kappa shape index (κ2) is 5.72. The van der Waals surface area contributed by atoms with E-state index in [0.717, 1.165) is 4.90 Å². The summed E-state index contributed by atoms with van der Waals surface area (Å²) in [4.78, 5) is 35.5. The monoisotopic (exact) mass is 309 g/mol. The number of carbonyl (C=O) groups excluding carboxylic acids is 2. The van der Waals surface area contributed by atoms with Crippen LogP contribution in [0.5, 0.6) is 0 Å². The molecule has 3 amide bonds. The fourth-order valence-corrected chi connectivity index (χ4v) is 2.21. The molecule has 0 radical (unpaired) electrons. The fourth-order valence-electron chi connectivity index (χ4n) is 2.21. The van der Waals surface area contributed by atoms with Crippen LogP contribution in [-0.2, 0) is 4.79 Å². The summed E-state index contributed by atoms with van der Waals surface area (Å²) in [5.74, 6) is -0.473. The molecule has 1 fully saturated rings. The summed E-state index contributed by atoms with van der Waals surface area (Å²) in [6.07, 6.45) is 1.48. The Hall–Kier alpha value is -3.48. The number of hydrogen-bond acceptors (Lipinski definition) is 4. The number of anilines is 1. The third-order valence-corrected chi connectivity index (χ3v) is 3.31. The minimum absolute atomic E-state index is 0.0418. The summed E-state index contributed by atoms with van der Waals surface area (Å²) < 4.78 is 0. The van der Waals surface area contributed by atoms with Crippen LogP contribution in [0.4, 0.5) is 16.2 Å². The number of non-ortho nitro benzene ring substituents is 1. The topological polar surface area (TPSA) is 92.5 Å². The van der Waals surface area contributed by atoms with Crippen molar-refractivity contribution in [2.24, 2.45) is 0 Å². The first-order valence-electron chi connectivity index (χ1n) is 6.73. The van der Waals surface area contributed by atoms with Gasteiger partial charge in [-0.15, -0.1) is 0 Å². The van der Waals surface area contributed by atoms with E-state index in [1.54, 1.807) is 30.3 Å². The molecule has 114 valence electrons. The molecule has 1 aliphatic rings. The van der Waals surface area contributed by atoms with Crippen molar-refractivity contribution in [1.29, 1.82) is 0 Å². The minimum Gasteiger partial charge on any atom is -0.302 e. The molecule has 2 aromatic rings. The van der Waals surface area contributed by atoms with E-state index in [4.69, 9.17) is 0 Å². The van der Waals surface area contributed by atoms with Gasteiger partial charge in [-0.05, 0) is 35.9 Å². The predicted octanol–water partition coefficient (Wildman–Crippen LogP) is 2.69. The Kier molecular flexibility index (Phi) is 3.60. The summed E-state index contributed by atoms with van der Waals surface area (Å²) >= 11 is 0. The highest BCUT2D eigenvalue weighted by molar-refractivity contribution is 6.28. The first-order valence-corrected chi connectivity index (χ1v) is 6.73. The minimum atomic E-state index is -0.533. The summed E-state index contributed by atoms with van der Waals surface area (Å²) in [6.45, 7) is 0. The molecule has 1 N–H and O–H groups in total. The highest BCUT2D eigenvalue weighted by atomic mass is 16.6. The van der Waals surface area contributed by atoms with Crippen molar-refractivity contribution in [2.45, 2.75) is 0 Å². The lowest BCUT2D eigenvalue weighted by Gasteiger charge is -2.10. The first-order chi connectivity index (χ1) is 11.1. The van der Waals surface area contributed by atoms with Crippen molar-refractivity contribution >= 4 is 29.4 Å². The van der Waals surface area contributed by atoms with Gasteiger partial charge in [0.1, 0.15) is 5.70 Å². The smallest absolute Gasteiger partial charge is 0.302 e. The molecule has 7 nitrogen and oxygen atoms in total. The van der Waals surface area contributed by atoms with Gasteiger partial charge < -0.3 is 5.32 Å². The molecule has 7 heteroatoms. The maximum absolute atomic E-state index is 12.4. The standard InChI is InChI=1S/C16H11N3O4/c20-15-14(10-11-6-8-13(9-7-11)19(22)23)17-16(21)18(15)12-4-2-1-3-5-12/h1-10H,(H,17,21)/b14-10+. The SMILES string of the molecule is O=C1N/C(=C/c2ccc([N+](=O)[O-])cc2)C(=O)N1c1ccccc1. The number of nitrogens with zero attached hydrogens (tertiary/aromatic N) is 2. The number of hydrogen-bond donors (Lipinski definition) is 1. The Balaban J connectivity index is 1.88. The van der Waals surface area contributed by atoms with Crippen LogP contribution in [0.25, 0.3) is 6.08 Å². The van der Waals surface area contributed by atoms with Gasteiger partial charge in [-0.2, -0.15) is 0 Å². The summed E-state index contributed by atoms with van der Waals surface area (Å²) in [6, 6.07) is 13.7. The van der Waals surface area contributed by atoms with E-state index in [9.17, 15) is 19.7 Å². The van der Waals surface area contributed by atoms with Crippen molar-refractivity contribution in [3.63, 3.8) is 0 Å². The van der Waals surface area contributed by atoms with Gasteiger partial charge in [0.25, 0.3) is 11.6 Å². The Morgan fingerprint density at radius 2 is 1.65 bits per heavy atom. The van der Waals surface area contributed by atoms with Gasteiger partial charge in [0.05, 0.1) is 10.6 Å². The van der Waals surface area contributed by atoms with E-state index >= 15 is 0 Å². The number of imide groups is 1. The molecule has 0 bridgehead atoms. The lowest BCUT2D eigenvalue weighted by Crippen LogP contribution is -2.30. The lowest BCUT2D eigenvalue weighted by atomic mass is 10.1. The maximum atomic E-state index is 12.4. The fraction of sp³-hybridized carbons (Fsp3) is 0. The normalized spacial score (nSPS) is 15.8. The number of para-hydroxylation sites is 1. The van der Waals surface area contributed by atoms with Crippen LogP contribution >= 0.6 is 0 Å². The van der Waals surface area contributed by atoms with Gasteiger partial charge in [-0.3, -0.25) is 14.9 Å². The van der Waals surface area contributed by atoms with Crippen LogP contribution < -0.4 is 10.2 Å². The molecule has 3 rings (SSSR count).